The number of nitrogens with one attached hydrogen (secondary N) is 1. The topological polar surface area (TPSA) is 139 Å². The van der Waals surface area contributed by atoms with E-state index in [2.05, 4.69) is 5.32 Å². The van der Waals surface area contributed by atoms with E-state index >= 15 is 0 Å². The molecule has 0 saturated heterocycles. The number of rotatable bonds is 14. The predicted octanol–water partition coefficient (Wildman–Crippen LogP) is 6.85. The number of carbonyl (C=O) groups is 2. The van der Waals surface area contributed by atoms with Crippen LogP contribution in [0.15, 0.2) is 102 Å². The first-order valence-electron chi connectivity index (χ1n) is 16.8. The highest BCUT2D eigenvalue weighted by Gasteiger charge is 2.36. The van der Waals surface area contributed by atoms with Gasteiger partial charge in [-0.25, -0.2) is 8.42 Å². The molecule has 1 aliphatic carbocycles. The number of benzene rings is 4. The molecular weight excluding hydrogens is 692 g/mol. The highest BCUT2D eigenvalue weighted by Crippen LogP contribution is 2.30. The van der Waals surface area contributed by atoms with E-state index in [1.165, 1.54) is 43.2 Å². The van der Waals surface area contributed by atoms with Gasteiger partial charge in [-0.15, -0.1) is 0 Å². The molecule has 0 radical (unpaired) electrons. The molecule has 5 rings (SSSR count). The number of sulfonamides is 1. The van der Waals surface area contributed by atoms with E-state index in [1.807, 2.05) is 30.3 Å². The Morgan fingerprint density at radius 3 is 2.27 bits per heavy atom. The summed E-state index contributed by atoms with van der Waals surface area (Å²) in [5, 5.41) is 15.3. The Kier molecular flexibility index (Phi) is 12.3. The number of ether oxygens (including phenoxy) is 1. The molecule has 11 nitrogen and oxygen atoms in total. The van der Waals surface area contributed by atoms with Crippen LogP contribution >= 0.6 is 11.6 Å². The monoisotopic (exact) mass is 732 g/mol. The molecule has 4 aromatic rings. The molecule has 268 valence electrons. The number of aryl methyl sites for hydroxylation is 1. The third kappa shape index (κ3) is 9.25. The fourth-order valence-electron chi connectivity index (χ4n) is 6.26. The zero-order valence-electron chi connectivity index (χ0n) is 28.5. The zero-order valence-corrected chi connectivity index (χ0v) is 30.1. The molecule has 4 aromatic carbocycles. The number of carbonyl (C=O) groups excluding carboxylic acids is 2. The molecule has 0 spiro atoms. The first kappa shape index (κ1) is 37.3. The lowest BCUT2D eigenvalue weighted by atomic mass is 9.94. The van der Waals surface area contributed by atoms with Crippen molar-refractivity contribution in [1.82, 2.24) is 10.2 Å². The summed E-state index contributed by atoms with van der Waals surface area (Å²) in [6.45, 7) is 0.709. The molecular formula is C38H41ClN4O7S. The fraction of sp³-hybridized carbons (Fsp3) is 0.316. The molecule has 2 amide bonds. The van der Waals surface area contributed by atoms with E-state index in [0.717, 1.165) is 48.0 Å². The normalized spacial score (nSPS) is 13.9. The quantitative estimate of drug-likeness (QED) is 0.111. The van der Waals surface area contributed by atoms with E-state index in [9.17, 15) is 28.1 Å². The van der Waals surface area contributed by atoms with E-state index in [-0.39, 0.29) is 46.7 Å². The van der Waals surface area contributed by atoms with Crippen molar-refractivity contribution in [2.75, 3.05) is 18.0 Å². The van der Waals surface area contributed by atoms with Crippen LogP contribution in [0.5, 0.6) is 5.75 Å². The van der Waals surface area contributed by atoms with Crippen molar-refractivity contribution >= 4 is 44.8 Å². The SMILES string of the molecule is COc1ccc(N(CC(=O)N(Cc2ccccc2Cl)[C@H](Cc2ccccc2)C(=O)NC2CCCCC2)S(=O)(=O)c2ccc(C)c([N+](=O)[O-])c2)cc1. The highest BCUT2D eigenvalue weighted by molar-refractivity contribution is 7.92. The van der Waals surface area contributed by atoms with E-state index in [0.29, 0.717) is 16.3 Å². The minimum atomic E-state index is -4.57. The predicted molar refractivity (Wildman–Crippen MR) is 196 cm³/mol. The van der Waals surface area contributed by atoms with Crippen LogP contribution in [0.1, 0.15) is 48.8 Å². The highest BCUT2D eigenvalue weighted by atomic mass is 35.5. The Morgan fingerprint density at radius 2 is 1.63 bits per heavy atom. The van der Waals surface area contributed by atoms with Crippen LogP contribution in [0.4, 0.5) is 11.4 Å². The Labute approximate surface area is 303 Å². The Hall–Kier alpha value is -4.94. The summed E-state index contributed by atoms with van der Waals surface area (Å²) in [4.78, 5) is 41.2. The number of halogens is 1. The van der Waals surface area contributed by atoms with Crippen LogP contribution in [0.2, 0.25) is 5.02 Å². The molecule has 0 aliphatic heterocycles. The number of anilines is 1. The van der Waals surface area contributed by atoms with Crippen molar-refractivity contribution < 1.29 is 27.7 Å². The van der Waals surface area contributed by atoms with Gasteiger partial charge in [0.25, 0.3) is 15.7 Å². The molecule has 0 aromatic heterocycles. The van der Waals surface area contributed by atoms with Gasteiger partial charge in [0, 0.05) is 35.7 Å². The molecule has 1 N–H and O–H groups in total. The number of nitro groups is 1. The summed E-state index contributed by atoms with van der Waals surface area (Å²) >= 11 is 6.60. The molecule has 1 fully saturated rings. The lowest BCUT2D eigenvalue weighted by molar-refractivity contribution is -0.385. The summed E-state index contributed by atoms with van der Waals surface area (Å²) in [5.74, 6) is -0.564. The first-order chi connectivity index (χ1) is 24.5. The maximum absolute atomic E-state index is 14.8. The van der Waals surface area contributed by atoms with Crippen LogP contribution in [-0.2, 0) is 32.6 Å². The van der Waals surface area contributed by atoms with Gasteiger partial charge < -0.3 is 15.0 Å². The van der Waals surface area contributed by atoms with Crippen LogP contribution in [0, 0.1) is 17.0 Å². The molecule has 13 heteroatoms. The largest absolute Gasteiger partial charge is 0.497 e. The van der Waals surface area contributed by atoms with Crippen molar-refractivity contribution in [1.29, 1.82) is 0 Å². The second-order valence-electron chi connectivity index (χ2n) is 12.6. The van der Waals surface area contributed by atoms with Gasteiger partial charge in [-0.1, -0.05) is 85.5 Å². The summed E-state index contributed by atoms with van der Waals surface area (Å²) in [6.07, 6.45) is 4.89. The third-order valence-electron chi connectivity index (χ3n) is 9.13. The lowest BCUT2D eigenvalue weighted by Gasteiger charge is -2.35. The van der Waals surface area contributed by atoms with Crippen LogP contribution in [0.25, 0.3) is 0 Å². The second-order valence-corrected chi connectivity index (χ2v) is 14.8. The van der Waals surface area contributed by atoms with Gasteiger partial charge in [-0.05, 0) is 67.3 Å². The fourth-order valence-corrected chi connectivity index (χ4v) is 7.89. The Balaban J connectivity index is 1.60. The van der Waals surface area contributed by atoms with E-state index in [1.54, 1.807) is 36.4 Å². The van der Waals surface area contributed by atoms with Crippen LogP contribution in [-0.4, -0.2) is 55.8 Å². The van der Waals surface area contributed by atoms with Gasteiger partial charge in [0.05, 0.1) is 22.6 Å². The third-order valence-corrected chi connectivity index (χ3v) is 11.3. The Morgan fingerprint density at radius 1 is 0.961 bits per heavy atom. The van der Waals surface area contributed by atoms with Gasteiger partial charge in [0.1, 0.15) is 18.3 Å². The number of methoxy groups -OCH3 is 1. The molecule has 1 saturated carbocycles. The number of amides is 2. The minimum Gasteiger partial charge on any atom is -0.497 e. The zero-order chi connectivity index (χ0) is 36.5. The number of nitrogens with zero attached hydrogens (tertiary/aromatic N) is 3. The van der Waals surface area contributed by atoms with Crippen molar-refractivity contribution in [2.45, 2.75) is 69.0 Å². The molecule has 0 heterocycles. The van der Waals surface area contributed by atoms with Crippen LogP contribution < -0.4 is 14.4 Å². The van der Waals surface area contributed by atoms with Gasteiger partial charge in [0.2, 0.25) is 11.8 Å². The summed E-state index contributed by atoms with van der Waals surface area (Å²) in [7, 11) is -3.10. The molecule has 0 unspecified atom stereocenters. The average molecular weight is 733 g/mol. The van der Waals surface area contributed by atoms with Crippen molar-refractivity contribution in [2.24, 2.45) is 0 Å². The van der Waals surface area contributed by atoms with Gasteiger partial charge in [-0.2, -0.15) is 0 Å². The molecule has 51 heavy (non-hydrogen) atoms. The maximum atomic E-state index is 14.8. The van der Waals surface area contributed by atoms with Crippen molar-refractivity contribution in [3.63, 3.8) is 0 Å². The summed E-state index contributed by atoms with van der Waals surface area (Å²) in [5.41, 5.74) is 1.41. The summed E-state index contributed by atoms with van der Waals surface area (Å²) < 4.78 is 35.0. The van der Waals surface area contributed by atoms with Crippen molar-refractivity contribution in [3.05, 3.63) is 129 Å². The molecule has 1 aliphatic rings. The standard InChI is InChI=1S/C38H41ClN4O7S/c1-27-17-22-33(24-35(27)43(46)47)51(48,49)42(31-18-20-32(50-2)21-19-31)26-37(44)41(25-29-13-9-10-16-34(29)39)36(23-28-11-5-3-6-12-28)38(45)40-30-14-7-4-8-15-30/h3,5-6,9-13,16-22,24,30,36H,4,7-8,14-15,23,25-26H2,1-2H3,(H,40,45)/t36-/m1/s1. The number of nitro benzene ring substituents is 1. The smallest absolute Gasteiger partial charge is 0.273 e. The van der Waals surface area contributed by atoms with Gasteiger partial charge in [0.15, 0.2) is 0 Å². The second kappa shape index (κ2) is 16.8. The van der Waals surface area contributed by atoms with Crippen LogP contribution in [0.3, 0.4) is 0 Å². The van der Waals surface area contributed by atoms with Gasteiger partial charge >= 0.3 is 0 Å². The van der Waals surface area contributed by atoms with E-state index < -0.39 is 33.4 Å². The minimum absolute atomic E-state index is 0.0460. The van der Waals surface area contributed by atoms with Crippen molar-refractivity contribution in [3.8, 4) is 5.75 Å². The number of hydrogen-bond donors (Lipinski definition) is 1. The average Bonchev–Trinajstić information content (AvgIpc) is 3.13. The number of hydrogen-bond acceptors (Lipinski definition) is 7. The molecule has 1 atom stereocenters. The first-order valence-corrected chi connectivity index (χ1v) is 18.6. The Bertz CT molecular complexity index is 1950. The maximum Gasteiger partial charge on any atom is 0.273 e. The van der Waals surface area contributed by atoms with Gasteiger partial charge in [-0.3, -0.25) is 24.0 Å². The van der Waals surface area contributed by atoms with E-state index in [4.69, 9.17) is 16.3 Å². The summed E-state index contributed by atoms with van der Waals surface area (Å²) in [6, 6.07) is 24.9. The molecule has 0 bridgehead atoms. The lowest BCUT2D eigenvalue weighted by Crippen LogP contribution is -2.55.